The van der Waals surface area contributed by atoms with E-state index in [1.807, 2.05) is 24.3 Å². The first kappa shape index (κ1) is 18.9. The van der Waals surface area contributed by atoms with Gasteiger partial charge in [-0.25, -0.2) is 4.79 Å². The highest BCUT2D eigenvalue weighted by molar-refractivity contribution is 5.91. The molecule has 0 aromatic heterocycles. The zero-order valence-electron chi connectivity index (χ0n) is 15.8. The quantitative estimate of drug-likeness (QED) is 0.499. The Morgan fingerprint density at radius 3 is 2.44 bits per heavy atom. The number of aliphatic hydroxyl groups is 1. The van der Waals surface area contributed by atoms with Crippen molar-refractivity contribution >= 4 is 16.7 Å². The summed E-state index contributed by atoms with van der Waals surface area (Å²) in [6, 6.07) is 18.6. The molecule has 3 nitrogen and oxygen atoms in total. The number of carbonyl (C=O) groups excluding carboxylic acids is 1. The van der Waals surface area contributed by atoms with E-state index < -0.39 is 0 Å². The van der Waals surface area contributed by atoms with Crippen molar-refractivity contribution in [1.82, 2.24) is 0 Å². The van der Waals surface area contributed by atoms with Crippen LogP contribution < -0.4 is 0 Å². The minimum absolute atomic E-state index is 0.0383. The summed E-state index contributed by atoms with van der Waals surface area (Å²) < 4.78 is 5.30. The molecule has 27 heavy (non-hydrogen) atoms. The molecular formula is C24H24O3. The lowest BCUT2D eigenvalue weighted by Gasteiger charge is -2.12. The summed E-state index contributed by atoms with van der Waals surface area (Å²) in [6.07, 6.45) is 0.640. The molecule has 3 aromatic carbocycles. The molecule has 0 radical (unpaired) electrons. The molecule has 0 heterocycles. The third-order valence-corrected chi connectivity index (χ3v) is 4.62. The molecule has 0 atom stereocenters. The predicted molar refractivity (Wildman–Crippen MR) is 110 cm³/mol. The molecule has 3 rings (SSSR count). The van der Waals surface area contributed by atoms with Crippen LogP contribution in [0.5, 0.6) is 0 Å². The van der Waals surface area contributed by atoms with Crippen LogP contribution in [0.4, 0.5) is 0 Å². The fraction of sp³-hybridized carbons (Fsp3) is 0.208. The highest BCUT2D eigenvalue weighted by atomic mass is 16.5. The van der Waals surface area contributed by atoms with Crippen molar-refractivity contribution < 1.29 is 14.6 Å². The van der Waals surface area contributed by atoms with Gasteiger partial charge < -0.3 is 9.84 Å². The molecule has 0 aliphatic heterocycles. The largest absolute Gasteiger partial charge is 0.462 e. The van der Waals surface area contributed by atoms with Crippen molar-refractivity contribution in [3.8, 4) is 11.1 Å². The van der Waals surface area contributed by atoms with Gasteiger partial charge in [0.1, 0.15) is 0 Å². The van der Waals surface area contributed by atoms with Gasteiger partial charge in [0.25, 0.3) is 0 Å². The van der Waals surface area contributed by atoms with Crippen LogP contribution in [-0.4, -0.2) is 17.7 Å². The summed E-state index contributed by atoms with van der Waals surface area (Å²) >= 11 is 0. The minimum atomic E-state index is -0.355. The number of rotatable bonds is 6. The Hall–Kier alpha value is -2.91. The van der Waals surface area contributed by atoms with Crippen LogP contribution >= 0.6 is 0 Å². The third-order valence-electron chi connectivity index (χ3n) is 4.62. The highest BCUT2D eigenvalue weighted by Gasteiger charge is 2.09. The Morgan fingerprint density at radius 2 is 1.78 bits per heavy atom. The van der Waals surface area contributed by atoms with E-state index >= 15 is 0 Å². The summed E-state index contributed by atoms with van der Waals surface area (Å²) in [6.45, 7) is 7.70. The predicted octanol–water partition coefficient (Wildman–Crippen LogP) is 4.97. The van der Waals surface area contributed by atoms with Gasteiger partial charge >= 0.3 is 5.97 Å². The third kappa shape index (κ3) is 4.44. The summed E-state index contributed by atoms with van der Waals surface area (Å²) in [5, 5.41) is 11.6. The maximum absolute atomic E-state index is 11.7. The standard InChI is InChI=1S/C24H24O3/c1-16(2)24(26)27-11-10-21-14-22(19-8-5-18(15-25)6-9-19)13-20-7-4-17(3)12-23(20)21/h4-9,12-14,25H,1,10-11,15H2,2-3H3. The first-order chi connectivity index (χ1) is 13.0. The van der Waals surface area contributed by atoms with E-state index in [2.05, 4.69) is 43.8 Å². The molecular weight excluding hydrogens is 336 g/mol. The number of esters is 1. The topological polar surface area (TPSA) is 46.5 Å². The Kier molecular flexibility index (Phi) is 5.72. The number of carbonyl (C=O) groups is 1. The monoisotopic (exact) mass is 360 g/mol. The van der Waals surface area contributed by atoms with Gasteiger partial charge in [-0.1, -0.05) is 60.7 Å². The molecule has 0 spiro atoms. The van der Waals surface area contributed by atoms with Crippen LogP contribution in [0.15, 0.2) is 66.7 Å². The Balaban J connectivity index is 1.97. The van der Waals surface area contributed by atoms with Crippen LogP contribution in [-0.2, 0) is 22.6 Å². The van der Waals surface area contributed by atoms with Crippen molar-refractivity contribution in [2.24, 2.45) is 0 Å². The van der Waals surface area contributed by atoms with Crippen molar-refractivity contribution in [3.63, 3.8) is 0 Å². The van der Waals surface area contributed by atoms with E-state index in [1.165, 1.54) is 10.9 Å². The van der Waals surface area contributed by atoms with Crippen LogP contribution in [0.25, 0.3) is 21.9 Å². The van der Waals surface area contributed by atoms with Crippen molar-refractivity contribution in [2.75, 3.05) is 6.61 Å². The molecule has 0 aliphatic rings. The Bertz CT molecular complexity index is 984. The smallest absolute Gasteiger partial charge is 0.333 e. The first-order valence-corrected chi connectivity index (χ1v) is 9.04. The van der Waals surface area contributed by atoms with E-state index in [-0.39, 0.29) is 12.6 Å². The zero-order chi connectivity index (χ0) is 19.4. The molecule has 0 aliphatic carbocycles. The van der Waals surface area contributed by atoms with E-state index in [4.69, 9.17) is 4.74 Å². The molecule has 1 N–H and O–H groups in total. The highest BCUT2D eigenvalue weighted by Crippen LogP contribution is 2.29. The first-order valence-electron chi connectivity index (χ1n) is 9.04. The molecule has 0 amide bonds. The van der Waals surface area contributed by atoms with Gasteiger partial charge in [0.05, 0.1) is 13.2 Å². The molecule has 0 saturated heterocycles. The Morgan fingerprint density at radius 1 is 1.04 bits per heavy atom. The van der Waals surface area contributed by atoms with E-state index in [1.54, 1.807) is 6.92 Å². The normalized spacial score (nSPS) is 10.8. The van der Waals surface area contributed by atoms with Gasteiger partial charge in [-0.2, -0.15) is 0 Å². The van der Waals surface area contributed by atoms with Crippen LogP contribution in [0.2, 0.25) is 0 Å². The van der Waals surface area contributed by atoms with Gasteiger partial charge in [0, 0.05) is 12.0 Å². The minimum Gasteiger partial charge on any atom is -0.462 e. The van der Waals surface area contributed by atoms with Crippen LogP contribution in [0.1, 0.15) is 23.6 Å². The number of aliphatic hydroxyl groups excluding tert-OH is 1. The molecule has 0 unspecified atom stereocenters. The number of ether oxygens (including phenoxy) is 1. The average Bonchev–Trinajstić information content (AvgIpc) is 2.67. The van der Waals surface area contributed by atoms with Crippen molar-refractivity contribution in [1.29, 1.82) is 0 Å². The van der Waals surface area contributed by atoms with Crippen LogP contribution in [0.3, 0.4) is 0 Å². The molecule has 0 fully saturated rings. The summed E-state index contributed by atoms with van der Waals surface area (Å²) in [5.74, 6) is -0.355. The van der Waals surface area contributed by atoms with Crippen LogP contribution in [0, 0.1) is 6.92 Å². The van der Waals surface area contributed by atoms with Crippen molar-refractivity contribution in [2.45, 2.75) is 26.9 Å². The summed E-state index contributed by atoms with van der Waals surface area (Å²) in [4.78, 5) is 11.7. The number of hydrogen-bond acceptors (Lipinski definition) is 3. The van der Waals surface area contributed by atoms with Gasteiger partial charge in [0.2, 0.25) is 0 Å². The zero-order valence-corrected chi connectivity index (χ0v) is 15.8. The maximum atomic E-state index is 11.7. The second-order valence-electron chi connectivity index (χ2n) is 6.88. The SMILES string of the molecule is C=C(C)C(=O)OCCc1cc(-c2ccc(CO)cc2)cc2ccc(C)cc12. The fourth-order valence-corrected chi connectivity index (χ4v) is 3.10. The van der Waals surface area contributed by atoms with Crippen molar-refractivity contribution in [3.05, 3.63) is 83.4 Å². The molecule has 0 bridgehead atoms. The second-order valence-corrected chi connectivity index (χ2v) is 6.88. The van der Waals surface area contributed by atoms with E-state index in [0.717, 1.165) is 27.6 Å². The van der Waals surface area contributed by atoms with Gasteiger partial charge in [-0.05, 0) is 52.9 Å². The van der Waals surface area contributed by atoms with Gasteiger partial charge in [-0.15, -0.1) is 0 Å². The average molecular weight is 360 g/mol. The number of aryl methyl sites for hydroxylation is 1. The summed E-state index contributed by atoms with van der Waals surface area (Å²) in [7, 11) is 0. The fourth-order valence-electron chi connectivity index (χ4n) is 3.10. The van der Waals surface area contributed by atoms with E-state index in [9.17, 15) is 9.90 Å². The number of hydrogen-bond donors (Lipinski definition) is 1. The lowest BCUT2D eigenvalue weighted by molar-refractivity contribution is -0.138. The van der Waals surface area contributed by atoms with E-state index in [0.29, 0.717) is 18.6 Å². The molecule has 138 valence electrons. The maximum Gasteiger partial charge on any atom is 0.333 e. The van der Waals surface area contributed by atoms with Gasteiger partial charge in [0.15, 0.2) is 0 Å². The lowest BCUT2D eigenvalue weighted by atomic mass is 9.94. The lowest BCUT2D eigenvalue weighted by Crippen LogP contribution is -2.08. The molecule has 3 heteroatoms. The number of benzene rings is 3. The van der Waals surface area contributed by atoms with Gasteiger partial charge in [-0.3, -0.25) is 0 Å². The number of fused-ring (bicyclic) bond motifs is 1. The molecule has 3 aromatic rings. The molecule has 0 saturated carbocycles. The summed E-state index contributed by atoms with van der Waals surface area (Å²) in [5.41, 5.74) is 5.84. The Labute approximate surface area is 159 Å². The second kappa shape index (κ2) is 8.19.